The molecule has 0 radical (unpaired) electrons. The Hall–Kier alpha value is -5.06. The first kappa shape index (κ1) is 44.0. The van der Waals surface area contributed by atoms with Gasteiger partial charge < -0.3 is 38.5 Å². The molecule has 2 fully saturated rings. The van der Waals surface area contributed by atoms with Crippen molar-refractivity contribution in [2.24, 2.45) is 22.0 Å². The second kappa shape index (κ2) is 17.0. The van der Waals surface area contributed by atoms with Crippen molar-refractivity contribution in [3.63, 3.8) is 0 Å². The lowest BCUT2D eigenvalue weighted by atomic mass is 9.81. The van der Waals surface area contributed by atoms with E-state index in [2.05, 4.69) is 69.0 Å². The predicted molar refractivity (Wildman–Crippen MR) is 235 cm³/mol. The van der Waals surface area contributed by atoms with Crippen LogP contribution in [0.2, 0.25) is 0 Å². The number of ether oxygens (including phenoxy) is 4. The van der Waals surface area contributed by atoms with Crippen LogP contribution in [0.15, 0.2) is 45.0 Å². The van der Waals surface area contributed by atoms with E-state index in [1.54, 1.807) is 9.80 Å². The highest BCUT2D eigenvalue weighted by atomic mass is 79.9. The Morgan fingerprint density at radius 1 is 0.705 bits per heavy atom. The second-order valence-electron chi connectivity index (χ2n) is 18.8. The average Bonchev–Trinajstić information content (AvgIpc) is 3.19. The number of nitrogens with zero attached hydrogens (tertiary/aromatic N) is 6. The summed E-state index contributed by atoms with van der Waals surface area (Å²) >= 11 is 3.72. The Bertz CT molecular complexity index is 2130. The van der Waals surface area contributed by atoms with Crippen LogP contribution in [-0.2, 0) is 19.1 Å². The van der Waals surface area contributed by atoms with E-state index in [1.165, 1.54) is 5.56 Å². The van der Waals surface area contributed by atoms with E-state index in [9.17, 15) is 19.2 Å². The van der Waals surface area contributed by atoms with Gasteiger partial charge in [-0.15, -0.1) is 0 Å². The summed E-state index contributed by atoms with van der Waals surface area (Å²) in [5, 5.41) is 8.33. The first-order valence-electron chi connectivity index (χ1n) is 21.2. The molecule has 0 saturated carbocycles. The highest BCUT2D eigenvalue weighted by Crippen LogP contribution is 2.45. The SMILES string of the molecule is C[C@@H]1CN(C(=O)OC(C)(C)C)CC[C@@H]1c1cc2c(cc1Br)OCC1=NNC(=O)[C@@H](C)N12.C[C@@H]1CN(C(=O)OC(C)(C)C)CC[C@@H]1c1ccc2c(c1)N1C(=NNC(=O)[C@H]1C)CO2. The molecule has 6 aliphatic rings. The highest BCUT2D eigenvalue weighted by Gasteiger charge is 2.40. The number of amidine groups is 2. The number of piperidine rings is 2. The quantitative estimate of drug-likeness (QED) is 0.323. The molecule has 330 valence electrons. The molecule has 0 aromatic heterocycles. The van der Waals surface area contributed by atoms with E-state index < -0.39 is 11.2 Å². The molecule has 4 amide bonds. The van der Waals surface area contributed by atoms with Crippen LogP contribution >= 0.6 is 15.9 Å². The minimum absolute atomic E-state index is 0.129. The number of benzene rings is 2. The Labute approximate surface area is 366 Å². The zero-order valence-corrected chi connectivity index (χ0v) is 38.4. The fourth-order valence-corrected chi connectivity index (χ4v) is 9.47. The van der Waals surface area contributed by atoms with Gasteiger partial charge in [0.05, 0.1) is 11.4 Å². The minimum Gasteiger partial charge on any atom is -0.483 e. The van der Waals surface area contributed by atoms with E-state index in [0.717, 1.165) is 45.8 Å². The van der Waals surface area contributed by atoms with Crippen molar-refractivity contribution in [1.29, 1.82) is 0 Å². The lowest BCUT2D eigenvalue weighted by Gasteiger charge is -2.40. The summed E-state index contributed by atoms with van der Waals surface area (Å²) in [4.78, 5) is 56.8. The maximum atomic E-state index is 12.5. The molecule has 61 heavy (non-hydrogen) atoms. The highest BCUT2D eigenvalue weighted by molar-refractivity contribution is 9.10. The van der Waals surface area contributed by atoms with Gasteiger partial charge in [0.2, 0.25) is 0 Å². The molecular formula is C44H59BrN8O8. The molecule has 6 atom stereocenters. The molecule has 2 aromatic carbocycles. The van der Waals surface area contributed by atoms with Gasteiger partial charge in [0.15, 0.2) is 11.7 Å². The molecule has 0 bridgehead atoms. The molecule has 0 spiro atoms. The van der Waals surface area contributed by atoms with Crippen molar-refractivity contribution in [2.75, 3.05) is 49.2 Å². The molecule has 16 nitrogen and oxygen atoms in total. The third-order valence-corrected chi connectivity index (χ3v) is 12.6. The molecule has 2 saturated heterocycles. The molecular weight excluding hydrogens is 848 g/mol. The largest absolute Gasteiger partial charge is 0.483 e. The standard InChI is InChI=1S/C22H29BrN4O4.C22H30N4O4/c1-12-10-26(21(29)31-22(3,4)5)7-6-14(12)15-8-17-18(9-16(15)23)30-11-19-24-25-20(28)13(2)27(17)19;1-13-11-25(21(28)30-22(3,4)5)9-8-16(13)15-6-7-18-17(10-15)26-14(2)20(27)24-23-19(26)12-29-18/h8-9,12-14H,6-7,10-11H2,1-5H3,(H,25,28);6-7,10,13-14,16H,8-9,11-12H2,1-5H3,(H,24,27)/t12-,13-,14+;13-,14-,16+/m11/s1. The van der Waals surface area contributed by atoms with Crippen molar-refractivity contribution in [2.45, 2.75) is 117 Å². The van der Waals surface area contributed by atoms with Gasteiger partial charge in [0, 0.05) is 30.7 Å². The lowest BCUT2D eigenvalue weighted by Crippen LogP contribution is -2.55. The fraction of sp³-hybridized carbons (Fsp3) is 0.591. The van der Waals surface area contributed by atoms with Crippen LogP contribution in [0.25, 0.3) is 0 Å². The number of fused-ring (bicyclic) bond motifs is 6. The van der Waals surface area contributed by atoms with Crippen LogP contribution < -0.4 is 30.1 Å². The monoisotopic (exact) mass is 906 g/mol. The number of carbonyl (C=O) groups is 4. The van der Waals surface area contributed by atoms with Gasteiger partial charge in [-0.2, -0.15) is 10.2 Å². The fourth-order valence-electron chi connectivity index (χ4n) is 8.86. The lowest BCUT2D eigenvalue weighted by molar-refractivity contribution is -0.123. The van der Waals surface area contributed by atoms with Crippen LogP contribution in [0, 0.1) is 11.8 Å². The summed E-state index contributed by atoms with van der Waals surface area (Å²) in [6.45, 7) is 22.6. The molecule has 2 N–H and O–H groups in total. The number of amides is 4. The van der Waals surface area contributed by atoms with Crippen molar-refractivity contribution >= 4 is 63.0 Å². The summed E-state index contributed by atoms with van der Waals surface area (Å²) in [6, 6.07) is 9.57. The number of hydrogen-bond donors (Lipinski definition) is 2. The molecule has 17 heteroatoms. The smallest absolute Gasteiger partial charge is 0.410 e. The van der Waals surface area contributed by atoms with Gasteiger partial charge in [-0.25, -0.2) is 20.4 Å². The third kappa shape index (κ3) is 9.41. The van der Waals surface area contributed by atoms with Crippen molar-refractivity contribution in [3.05, 3.63) is 45.9 Å². The summed E-state index contributed by atoms with van der Waals surface area (Å²) in [5.41, 5.74) is 8.19. The summed E-state index contributed by atoms with van der Waals surface area (Å²) in [5.74, 6) is 3.73. The van der Waals surface area contributed by atoms with Crippen LogP contribution in [-0.4, -0.2) is 108 Å². The Morgan fingerprint density at radius 2 is 1.18 bits per heavy atom. The van der Waals surface area contributed by atoms with Crippen LogP contribution in [0.3, 0.4) is 0 Å². The van der Waals surface area contributed by atoms with E-state index >= 15 is 0 Å². The molecule has 6 aliphatic heterocycles. The summed E-state index contributed by atoms with van der Waals surface area (Å²) in [6.07, 6.45) is 1.18. The number of hydrazone groups is 2. The minimum atomic E-state index is -0.505. The van der Waals surface area contributed by atoms with Crippen LogP contribution in [0.5, 0.6) is 11.5 Å². The van der Waals surface area contributed by atoms with E-state index in [1.807, 2.05) is 77.3 Å². The van der Waals surface area contributed by atoms with E-state index in [-0.39, 0.29) is 53.8 Å². The Balaban J connectivity index is 0.000000184. The second-order valence-corrected chi connectivity index (χ2v) is 19.7. The number of rotatable bonds is 2. The number of hydrogen-bond acceptors (Lipinski definition) is 12. The predicted octanol–water partition coefficient (Wildman–Crippen LogP) is 6.92. The molecule has 0 unspecified atom stereocenters. The van der Waals surface area contributed by atoms with Gasteiger partial charge >= 0.3 is 12.2 Å². The zero-order chi connectivity index (χ0) is 44.1. The number of nitrogens with one attached hydrogen (secondary N) is 2. The van der Waals surface area contributed by atoms with Gasteiger partial charge in [-0.05, 0) is 127 Å². The molecule has 2 aromatic rings. The first-order valence-corrected chi connectivity index (χ1v) is 22.0. The zero-order valence-electron chi connectivity index (χ0n) is 36.8. The number of carbonyl (C=O) groups excluding carboxylic acids is 4. The topological polar surface area (TPSA) is 167 Å². The van der Waals surface area contributed by atoms with Gasteiger partial charge in [-0.3, -0.25) is 9.59 Å². The number of halogens is 1. The summed E-state index contributed by atoms with van der Waals surface area (Å²) < 4.78 is 23.8. The van der Waals surface area contributed by atoms with Gasteiger partial charge in [0.1, 0.15) is 48.0 Å². The maximum absolute atomic E-state index is 12.5. The van der Waals surface area contributed by atoms with Crippen molar-refractivity contribution in [1.82, 2.24) is 20.7 Å². The van der Waals surface area contributed by atoms with Crippen LogP contribution in [0.4, 0.5) is 21.0 Å². The van der Waals surface area contributed by atoms with E-state index in [4.69, 9.17) is 18.9 Å². The van der Waals surface area contributed by atoms with Crippen molar-refractivity contribution in [3.8, 4) is 11.5 Å². The number of likely N-dealkylation sites (tertiary alicyclic amines) is 2. The third-order valence-electron chi connectivity index (χ3n) is 11.9. The molecule has 0 aliphatic carbocycles. The summed E-state index contributed by atoms with van der Waals surface area (Å²) in [7, 11) is 0. The maximum Gasteiger partial charge on any atom is 0.410 e. The normalized spacial score (nSPS) is 25.9. The molecule has 6 heterocycles. The average molecular weight is 908 g/mol. The van der Waals surface area contributed by atoms with Gasteiger partial charge in [0.25, 0.3) is 11.8 Å². The Morgan fingerprint density at radius 3 is 1.67 bits per heavy atom. The van der Waals surface area contributed by atoms with Crippen molar-refractivity contribution < 1.29 is 38.1 Å². The number of anilines is 2. The van der Waals surface area contributed by atoms with E-state index in [0.29, 0.717) is 57.0 Å². The first-order chi connectivity index (χ1) is 28.7. The molecule has 8 rings (SSSR count). The van der Waals surface area contributed by atoms with Gasteiger partial charge in [-0.1, -0.05) is 35.8 Å². The van der Waals surface area contributed by atoms with Crippen LogP contribution in [0.1, 0.15) is 105 Å². The Kier molecular flexibility index (Phi) is 12.3.